The van der Waals surface area contributed by atoms with E-state index in [4.69, 9.17) is 0 Å². The van der Waals surface area contributed by atoms with Crippen molar-refractivity contribution in [3.63, 3.8) is 0 Å². The number of thioether (sulfide) groups is 1. The van der Waals surface area contributed by atoms with Gasteiger partial charge in [0.25, 0.3) is 5.56 Å². The molecule has 3 aromatic heterocycles. The Morgan fingerprint density at radius 2 is 2.17 bits per heavy atom. The van der Waals surface area contributed by atoms with Gasteiger partial charge in [-0.2, -0.15) is 0 Å². The van der Waals surface area contributed by atoms with E-state index < -0.39 is 0 Å². The molecule has 0 saturated carbocycles. The summed E-state index contributed by atoms with van der Waals surface area (Å²) in [6.45, 7) is 7.33. The number of fused-ring (bicyclic) bond motifs is 1. The number of nitrogens with zero attached hydrogens (tertiary/aromatic N) is 3. The smallest absolute Gasteiger partial charge is 0.268 e. The van der Waals surface area contributed by atoms with Gasteiger partial charge in [0.1, 0.15) is 10.5 Å². The SMILES string of the molecule is CCCCn1c(SCc2nc3ccsc3c(=O)[nH]2)nc(C)c1C. The first kappa shape index (κ1) is 16.3. The predicted molar refractivity (Wildman–Crippen MR) is 96.4 cm³/mol. The zero-order valence-corrected chi connectivity index (χ0v) is 15.2. The van der Waals surface area contributed by atoms with E-state index in [1.54, 1.807) is 11.8 Å². The summed E-state index contributed by atoms with van der Waals surface area (Å²) in [7, 11) is 0. The number of aryl methyl sites for hydroxylation is 1. The maximum atomic E-state index is 12.0. The van der Waals surface area contributed by atoms with Crippen LogP contribution in [0.2, 0.25) is 0 Å². The Morgan fingerprint density at radius 3 is 2.96 bits per heavy atom. The molecule has 1 N–H and O–H groups in total. The number of thiophene rings is 1. The molecule has 3 aromatic rings. The van der Waals surface area contributed by atoms with Crippen LogP contribution in [-0.2, 0) is 12.3 Å². The van der Waals surface area contributed by atoms with Gasteiger partial charge in [-0.05, 0) is 31.7 Å². The van der Waals surface area contributed by atoms with E-state index in [0.29, 0.717) is 16.3 Å². The Hall–Kier alpha value is -1.60. The van der Waals surface area contributed by atoms with Gasteiger partial charge in [-0.25, -0.2) is 9.97 Å². The number of hydrogen-bond acceptors (Lipinski definition) is 5. The van der Waals surface area contributed by atoms with Crippen LogP contribution in [0.25, 0.3) is 10.2 Å². The van der Waals surface area contributed by atoms with Crippen LogP contribution < -0.4 is 5.56 Å². The fourth-order valence-electron chi connectivity index (χ4n) is 2.44. The van der Waals surface area contributed by atoms with Crippen LogP contribution in [-0.4, -0.2) is 19.5 Å². The van der Waals surface area contributed by atoms with Crippen molar-refractivity contribution in [2.75, 3.05) is 0 Å². The largest absolute Gasteiger partial charge is 0.323 e. The molecule has 0 bridgehead atoms. The van der Waals surface area contributed by atoms with Crippen LogP contribution in [0.4, 0.5) is 0 Å². The molecule has 0 saturated heterocycles. The summed E-state index contributed by atoms with van der Waals surface area (Å²) in [5, 5.41) is 2.90. The molecule has 0 aliphatic heterocycles. The maximum absolute atomic E-state index is 12.0. The van der Waals surface area contributed by atoms with Crippen LogP contribution in [0.1, 0.15) is 37.0 Å². The summed E-state index contributed by atoms with van der Waals surface area (Å²) in [5.74, 6) is 1.31. The highest BCUT2D eigenvalue weighted by atomic mass is 32.2. The predicted octanol–water partition coefficient (Wildman–Crippen LogP) is 3.89. The molecule has 0 unspecified atom stereocenters. The highest BCUT2D eigenvalue weighted by Gasteiger charge is 2.12. The molecule has 23 heavy (non-hydrogen) atoms. The molecule has 7 heteroatoms. The average Bonchev–Trinajstić information content (AvgIpc) is 3.10. The number of imidazole rings is 1. The van der Waals surface area contributed by atoms with Crippen LogP contribution in [0, 0.1) is 13.8 Å². The van der Waals surface area contributed by atoms with Gasteiger partial charge >= 0.3 is 0 Å². The highest BCUT2D eigenvalue weighted by Crippen LogP contribution is 2.24. The zero-order valence-electron chi connectivity index (χ0n) is 13.5. The van der Waals surface area contributed by atoms with Gasteiger partial charge in [-0.15, -0.1) is 11.3 Å². The molecule has 0 atom stereocenters. The standard InChI is InChI=1S/C16H20N4OS2/c1-4-5-7-20-11(3)10(2)17-16(20)23-9-13-18-12-6-8-22-14(12)15(21)19-13/h6,8H,4-5,7,9H2,1-3H3,(H,18,19,21). The molecule has 0 aliphatic rings. The quantitative estimate of drug-likeness (QED) is 0.687. The lowest BCUT2D eigenvalue weighted by atomic mass is 10.3. The minimum absolute atomic E-state index is 0.0534. The van der Waals surface area contributed by atoms with Gasteiger partial charge in [0.2, 0.25) is 0 Å². The summed E-state index contributed by atoms with van der Waals surface area (Å²) in [6.07, 6.45) is 2.30. The van der Waals surface area contributed by atoms with Crippen molar-refractivity contribution in [2.24, 2.45) is 0 Å². The molecular weight excluding hydrogens is 328 g/mol. The van der Waals surface area contributed by atoms with Crippen LogP contribution >= 0.6 is 23.1 Å². The minimum Gasteiger partial charge on any atom is -0.323 e. The Balaban J connectivity index is 1.81. The second-order valence-electron chi connectivity index (χ2n) is 5.51. The fraction of sp³-hybridized carbons (Fsp3) is 0.438. The lowest BCUT2D eigenvalue weighted by molar-refractivity contribution is 0.575. The lowest BCUT2D eigenvalue weighted by Crippen LogP contribution is -2.10. The van der Waals surface area contributed by atoms with Gasteiger partial charge in [0, 0.05) is 12.2 Å². The third-order valence-electron chi connectivity index (χ3n) is 3.86. The summed E-state index contributed by atoms with van der Waals surface area (Å²) in [5.41, 5.74) is 3.01. The van der Waals surface area contributed by atoms with Crippen molar-refractivity contribution in [1.29, 1.82) is 0 Å². The molecule has 0 amide bonds. The molecule has 0 aliphatic carbocycles. The zero-order chi connectivity index (χ0) is 16.4. The monoisotopic (exact) mass is 348 g/mol. The van der Waals surface area contributed by atoms with Crippen molar-refractivity contribution in [1.82, 2.24) is 19.5 Å². The first-order chi connectivity index (χ1) is 11.1. The van der Waals surface area contributed by atoms with Crippen molar-refractivity contribution in [3.8, 4) is 0 Å². The maximum Gasteiger partial charge on any atom is 0.268 e. The van der Waals surface area contributed by atoms with E-state index in [9.17, 15) is 4.79 Å². The van der Waals surface area contributed by atoms with Gasteiger partial charge in [0.05, 0.1) is 17.0 Å². The van der Waals surface area contributed by atoms with Crippen molar-refractivity contribution >= 4 is 33.3 Å². The number of nitrogens with one attached hydrogen (secondary N) is 1. The number of H-pyrrole nitrogens is 1. The second kappa shape index (κ2) is 6.88. The van der Waals surface area contributed by atoms with E-state index in [-0.39, 0.29) is 5.56 Å². The van der Waals surface area contributed by atoms with E-state index in [1.807, 2.05) is 18.4 Å². The van der Waals surface area contributed by atoms with Gasteiger partial charge in [0.15, 0.2) is 5.16 Å². The highest BCUT2D eigenvalue weighted by molar-refractivity contribution is 7.98. The first-order valence-corrected chi connectivity index (χ1v) is 9.59. The fourth-order valence-corrected chi connectivity index (χ4v) is 4.15. The molecule has 0 spiro atoms. The minimum atomic E-state index is -0.0534. The van der Waals surface area contributed by atoms with Gasteiger partial charge in [-0.3, -0.25) is 4.79 Å². The van der Waals surface area contributed by atoms with Crippen molar-refractivity contribution in [2.45, 2.75) is 51.1 Å². The van der Waals surface area contributed by atoms with Gasteiger partial charge in [-0.1, -0.05) is 25.1 Å². The molecule has 122 valence electrons. The Bertz CT molecular complexity index is 878. The van der Waals surface area contributed by atoms with E-state index in [0.717, 1.165) is 35.8 Å². The Labute approximate surface area is 143 Å². The number of aromatic amines is 1. The van der Waals surface area contributed by atoms with Crippen LogP contribution in [0.15, 0.2) is 21.4 Å². The van der Waals surface area contributed by atoms with E-state index in [2.05, 4.69) is 33.4 Å². The third kappa shape index (κ3) is 3.35. The number of unbranched alkanes of at least 4 members (excludes halogenated alkanes) is 1. The number of hydrogen-bond donors (Lipinski definition) is 1. The molecule has 3 heterocycles. The van der Waals surface area contributed by atoms with E-state index >= 15 is 0 Å². The number of rotatable bonds is 6. The molecule has 3 rings (SSSR count). The average molecular weight is 348 g/mol. The lowest BCUT2D eigenvalue weighted by Gasteiger charge is -2.08. The molecule has 0 aromatic carbocycles. The summed E-state index contributed by atoms with van der Waals surface area (Å²) in [4.78, 5) is 24.1. The van der Waals surface area contributed by atoms with E-state index in [1.165, 1.54) is 17.0 Å². The Morgan fingerprint density at radius 1 is 1.35 bits per heavy atom. The number of aromatic nitrogens is 4. The summed E-state index contributed by atoms with van der Waals surface area (Å²) in [6, 6.07) is 1.89. The van der Waals surface area contributed by atoms with Crippen LogP contribution in [0.3, 0.4) is 0 Å². The normalized spacial score (nSPS) is 11.4. The molecule has 0 radical (unpaired) electrons. The molecular formula is C16H20N4OS2. The van der Waals surface area contributed by atoms with Crippen LogP contribution in [0.5, 0.6) is 0 Å². The second-order valence-corrected chi connectivity index (χ2v) is 7.37. The molecule has 5 nitrogen and oxygen atoms in total. The summed E-state index contributed by atoms with van der Waals surface area (Å²) >= 11 is 3.05. The first-order valence-electron chi connectivity index (χ1n) is 7.73. The third-order valence-corrected chi connectivity index (χ3v) is 5.75. The summed E-state index contributed by atoms with van der Waals surface area (Å²) < 4.78 is 2.96. The topological polar surface area (TPSA) is 63.6 Å². The van der Waals surface area contributed by atoms with Gasteiger partial charge < -0.3 is 9.55 Å². The van der Waals surface area contributed by atoms with Crippen molar-refractivity contribution in [3.05, 3.63) is 39.0 Å². The Kier molecular flexibility index (Phi) is 4.87. The van der Waals surface area contributed by atoms with Crippen molar-refractivity contribution < 1.29 is 0 Å². The molecule has 0 fully saturated rings.